The molecule has 0 radical (unpaired) electrons. The molecule has 2 atom stereocenters. The molecule has 0 unspecified atom stereocenters. The average Bonchev–Trinajstić information content (AvgIpc) is 2.16. The summed E-state index contributed by atoms with van der Waals surface area (Å²) in [5.74, 6) is 0.380. The van der Waals surface area contributed by atoms with Gasteiger partial charge < -0.3 is 0 Å². The number of hydrogen-bond donors (Lipinski definition) is 0. The van der Waals surface area contributed by atoms with Crippen molar-refractivity contribution in [3.8, 4) is 0 Å². The summed E-state index contributed by atoms with van der Waals surface area (Å²) in [6.45, 7) is 0. The first-order valence-electron chi connectivity index (χ1n) is 4.07. The summed E-state index contributed by atoms with van der Waals surface area (Å²) in [7, 11) is 3.42. The van der Waals surface area contributed by atoms with Crippen molar-refractivity contribution in [2.24, 2.45) is 5.92 Å². The average molecular weight is 206 g/mol. The fourth-order valence-electron chi connectivity index (χ4n) is 1.45. The molecule has 0 aliphatic heterocycles. The van der Waals surface area contributed by atoms with E-state index in [1.54, 1.807) is 14.2 Å². The van der Waals surface area contributed by atoms with Gasteiger partial charge in [0.2, 0.25) is 0 Å². The summed E-state index contributed by atoms with van der Waals surface area (Å²) in [4.78, 5) is 0. The second kappa shape index (κ2) is 4.94. The SMILES string of the molecule is CO[C](=[Cr])[C@@H]1CCC=C[C@@H]1OC. The van der Waals surface area contributed by atoms with E-state index in [4.69, 9.17) is 9.47 Å². The molecule has 0 aromatic rings. The van der Waals surface area contributed by atoms with Crippen LogP contribution in [-0.2, 0) is 25.3 Å². The Morgan fingerprint density at radius 1 is 1.50 bits per heavy atom. The van der Waals surface area contributed by atoms with Crippen LogP contribution in [0, 0.1) is 5.92 Å². The molecule has 68 valence electrons. The first kappa shape index (κ1) is 10.1. The third-order valence-corrected chi connectivity index (χ3v) is 2.88. The Balaban J connectivity index is 2.62. The molecule has 1 aliphatic carbocycles. The Labute approximate surface area is 81.5 Å². The Bertz CT molecular complexity index is 189. The van der Waals surface area contributed by atoms with Gasteiger partial charge in [0.15, 0.2) is 0 Å². The van der Waals surface area contributed by atoms with Crippen LogP contribution >= 0.6 is 0 Å². The number of allylic oxidation sites excluding steroid dienone is 1. The van der Waals surface area contributed by atoms with Gasteiger partial charge in [-0.2, -0.15) is 0 Å². The van der Waals surface area contributed by atoms with Crippen molar-refractivity contribution in [1.29, 1.82) is 0 Å². The van der Waals surface area contributed by atoms with Crippen molar-refractivity contribution in [1.82, 2.24) is 0 Å². The third-order valence-electron chi connectivity index (χ3n) is 2.14. The third kappa shape index (κ3) is 2.27. The zero-order chi connectivity index (χ0) is 8.97. The molecule has 0 saturated heterocycles. The van der Waals surface area contributed by atoms with Crippen LogP contribution in [0.5, 0.6) is 0 Å². The van der Waals surface area contributed by atoms with Gasteiger partial charge in [-0.25, -0.2) is 0 Å². The standard InChI is InChI=1S/C9H14O2.Cr/c1-10-7-8-5-3-4-6-9(8)11-2;/h4,6,8-9H,3,5H2,1-2H3;/t8-,9-;/m0./s1. The van der Waals surface area contributed by atoms with Crippen molar-refractivity contribution in [2.45, 2.75) is 18.9 Å². The number of rotatable bonds is 3. The van der Waals surface area contributed by atoms with E-state index in [9.17, 15) is 0 Å². The van der Waals surface area contributed by atoms with Crippen LogP contribution in [0.2, 0.25) is 0 Å². The molecule has 0 amide bonds. The Morgan fingerprint density at radius 3 is 2.83 bits per heavy atom. The summed E-state index contributed by atoms with van der Waals surface area (Å²) in [6.07, 6.45) is 6.65. The van der Waals surface area contributed by atoms with Crippen molar-refractivity contribution < 1.29 is 25.3 Å². The summed E-state index contributed by atoms with van der Waals surface area (Å²) in [5.41, 5.74) is 0. The molecule has 12 heavy (non-hydrogen) atoms. The van der Waals surface area contributed by atoms with Crippen molar-refractivity contribution in [3.63, 3.8) is 0 Å². The summed E-state index contributed by atoms with van der Waals surface area (Å²) in [6, 6.07) is 0. The van der Waals surface area contributed by atoms with Gasteiger partial charge in [0.25, 0.3) is 0 Å². The molecule has 0 saturated carbocycles. The zero-order valence-electron chi connectivity index (χ0n) is 7.45. The monoisotopic (exact) mass is 206 g/mol. The van der Waals surface area contributed by atoms with E-state index in [-0.39, 0.29) is 6.10 Å². The van der Waals surface area contributed by atoms with Crippen molar-refractivity contribution in [3.05, 3.63) is 12.2 Å². The maximum atomic E-state index is 5.32. The molecule has 0 aromatic carbocycles. The van der Waals surface area contributed by atoms with Crippen molar-refractivity contribution >= 4 is 4.57 Å². The second-order valence-electron chi connectivity index (χ2n) is 2.84. The van der Waals surface area contributed by atoms with Gasteiger partial charge in [-0.1, -0.05) is 0 Å². The fraction of sp³-hybridized carbons (Fsp3) is 0.667. The molecule has 2 nitrogen and oxygen atoms in total. The molecular weight excluding hydrogens is 192 g/mol. The van der Waals surface area contributed by atoms with Crippen LogP contribution in [-0.4, -0.2) is 24.9 Å². The minimum absolute atomic E-state index is 0.176. The number of hydrogen-bond acceptors (Lipinski definition) is 2. The van der Waals surface area contributed by atoms with E-state index in [1.165, 1.54) is 0 Å². The molecule has 0 fully saturated rings. The normalized spacial score (nSPS) is 28.8. The second-order valence-corrected chi connectivity index (χ2v) is 3.46. The van der Waals surface area contributed by atoms with E-state index in [0.29, 0.717) is 5.92 Å². The van der Waals surface area contributed by atoms with Crippen LogP contribution in [0.1, 0.15) is 12.8 Å². The van der Waals surface area contributed by atoms with E-state index in [1.807, 2.05) is 0 Å². The summed E-state index contributed by atoms with van der Waals surface area (Å²) >= 11 is 2.94. The molecule has 0 heterocycles. The van der Waals surface area contributed by atoms with Gasteiger partial charge in [-0.05, 0) is 0 Å². The van der Waals surface area contributed by atoms with Crippen LogP contribution in [0.3, 0.4) is 0 Å². The minimum atomic E-state index is 0.176. The zero-order valence-corrected chi connectivity index (χ0v) is 8.72. The maximum absolute atomic E-state index is 5.32. The first-order valence-corrected chi connectivity index (χ1v) is 4.70. The van der Waals surface area contributed by atoms with E-state index in [0.717, 1.165) is 17.4 Å². The van der Waals surface area contributed by atoms with Crippen LogP contribution in [0.15, 0.2) is 12.2 Å². The molecular formula is C9H14CrO2. The Morgan fingerprint density at radius 2 is 2.25 bits per heavy atom. The summed E-state index contributed by atoms with van der Waals surface area (Å²) < 4.78 is 11.4. The van der Waals surface area contributed by atoms with E-state index in [2.05, 4.69) is 28.0 Å². The molecule has 0 spiro atoms. The topological polar surface area (TPSA) is 18.5 Å². The molecule has 3 heteroatoms. The van der Waals surface area contributed by atoms with Crippen LogP contribution in [0.4, 0.5) is 0 Å². The Kier molecular flexibility index (Phi) is 4.17. The van der Waals surface area contributed by atoms with E-state index >= 15 is 0 Å². The number of ether oxygens (including phenoxy) is 2. The van der Waals surface area contributed by atoms with E-state index < -0.39 is 0 Å². The first-order chi connectivity index (χ1) is 5.79. The molecule has 0 bridgehead atoms. The molecule has 1 rings (SSSR count). The predicted octanol–water partition coefficient (Wildman–Crippen LogP) is 1.29. The quantitative estimate of drug-likeness (QED) is 0.648. The van der Waals surface area contributed by atoms with Crippen molar-refractivity contribution in [2.75, 3.05) is 14.2 Å². The fourth-order valence-corrected chi connectivity index (χ4v) is 1.84. The number of methoxy groups -OCH3 is 2. The van der Waals surface area contributed by atoms with Gasteiger partial charge in [-0.3, -0.25) is 0 Å². The van der Waals surface area contributed by atoms with Crippen LogP contribution < -0.4 is 0 Å². The van der Waals surface area contributed by atoms with Gasteiger partial charge in [0, 0.05) is 0 Å². The Hall–Kier alpha value is 0.0625. The van der Waals surface area contributed by atoms with Gasteiger partial charge in [-0.15, -0.1) is 0 Å². The molecule has 0 aromatic heterocycles. The molecule has 1 aliphatic rings. The summed E-state index contributed by atoms with van der Waals surface area (Å²) in [5, 5.41) is 0. The predicted molar refractivity (Wildman–Crippen MR) is 44.7 cm³/mol. The van der Waals surface area contributed by atoms with Crippen LogP contribution in [0.25, 0.3) is 0 Å². The van der Waals surface area contributed by atoms with Gasteiger partial charge in [0.1, 0.15) is 0 Å². The van der Waals surface area contributed by atoms with Gasteiger partial charge >= 0.3 is 81.1 Å². The van der Waals surface area contributed by atoms with Gasteiger partial charge in [0.05, 0.1) is 0 Å². The molecule has 0 N–H and O–H groups in total.